The molecule has 0 amide bonds. The van der Waals surface area contributed by atoms with E-state index in [1.807, 2.05) is 0 Å². The van der Waals surface area contributed by atoms with E-state index in [1.54, 1.807) is 4.57 Å². The fourth-order valence-corrected chi connectivity index (χ4v) is 7.95. The number of imidazole rings is 2. The van der Waals surface area contributed by atoms with Gasteiger partial charge in [-0.25, -0.2) is 29.3 Å². The Hall–Kier alpha value is -3.03. The van der Waals surface area contributed by atoms with Crippen molar-refractivity contribution >= 4 is 48.4 Å². The standard InChI is InChI=1S/C23H27FN9O8PS/c1-31-6-30-20-15(21(31)35)29-7-32(20)10-2-11-16(34)17(10)40-23(43)38-3-12-9(4-42(36,37)41-11)13(24)22(39-12)33-8-28-14-18(25)26-5-27-19(14)33/h5-13,16-17,22-23,34,43H,2-4H2,1H3,(H,36,37)(H2,25,26,27)/t9-,10-,11+,12-,13-,16-,17+,22-,23?/m1/s1. The molecule has 2 bridgehead atoms. The molecule has 0 spiro atoms. The lowest BCUT2D eigenvalue weighted by Gasteiger charge is -2.29. The van der Waals surface area contributed by atoms with E-state index in [1.165, 1.54) is 41.5 Å². The predicted octanol–water partition coefficient (Wildman–Crippen LogP) is -0.0911. The van der Waals surface area contributed by atoms with Gasteiger partial charge in [-0.3, -0.25) is 13.9 Å². The highest BCUT2D eigenvalue weighted by Crippen LogP contribution is 2.53. The number of halogens is 1. The van der Waals surface area contributed by atoms with Crippen LogP contribution in [0.1, 0.15) is 18.7 Å². The Morgan fingerprint density at radius 2 is 1.81 bits per heavy atom. The molecule has 3 fully saturated rings. The van der Waals surface area contributed by atoms with E-state index in [0.29, 0.717) is 0 Å². The number of anilines is 1. The number of nitrogen functional groups attached to an aromatic ring is 1. The van der Waals surface area contributed by atoms with Crippen LogP contribution in [0.2, 0.25) is 0 Å². The molecule has 43 heavy (non-hydrogen) atoms. The molecule has 2 aliphatic heterocycles. The summed E-state index contributed by atoms with van der Waals surface area (Å²) in [7, 11) is -3.01. The number of hydrogen-bond donors (Lipinski definition) is 4. The smallest absolute Gasteiger partial charge is 0.328 e. The fourth-order valence-electron chi connectivity index (χ4n) is 6.04. The number of alkyl halides is 1. The Morgan fingerprint density at radius 1 is 1.07 bits per heavy atom. The van der Waals surface area contributed by atoms with Crippen LogP contribution in [0.5, 0.6) is 0 Å². The van der Waals surface area contributed by atoms with Gasteiger partial charge in [-0.2, -0.15) is 0 Å². The number of nitrogens with two attached hydrogens (primary N) is 1. The molecule has 0 aromatic carbocycles. The first kappa shape index (κ1) is 28.7. The van der Waals surface area contributed by atoms with Gasteiger partial charge in [-0.15, -0.1) is 12.6 Å². The van der Waals surface area contributed by atoms with Crippen LogP contribution in [-0.4, -0.2) is 97.6 Å². The van der Waals surface area contributed by atoms with Gasteiger partial charge in [0.05, 0.1) is 50.0 Å². The average molecular weight is 640 g/mol. The summed E-state index contributed by atoms with van der Waals surface area (Å²) in [6, 6.07) is -0.735. The number of aromatic nitrogens is 8. The predicted molar refractivity (Wildman–Crippen MR) is 148 cm³/mol. The van der Waals surface area contributed by atoms with Crippen molar-refractivity contribution in [2.75, 3.05) is 18.5 Å². The molecular formula is C23H27FN9O8PS. The van der Waals surface area contributed by atoms with Gasteiger partial charge in [0.1, 0.15) is 24.1 Å². The van der Waals surface area contributed by atoms with Crippen LogP contribution in [0, 0.1) is 5.92 Å². The molecule has 1 saturated carbocycles. The SMILES string of the molecule is Cn1cnc2c(ncn2[C@@H]2C[C@@H]3OP(=O)(O)C[C@H]4[C@@H](F)[C@H](n5cnc6c(N)ncnc65)O[C@@H]4COC(S)O[C@@H]2[C@@H]3O)c1=O. The molecule has 20 heteroatoms. The number of aliphatic hydroxyl groups excluding tert-OH is 1. The third-order valence-corrected chi connectivity index (χ3v) is 9.88. The number of fused-ring (bicyclic) bond motifs is 5. The van der Waals surface area contributed by atoms with Gasteiger partial charge in [0.2, 0.25) is 5.62 Å². The molecule has 3 aliphatic rings. The van der Waals surface area contributed by atoms with Gasteiger partial charge in [0.15, 0.2) is 35.0 Å². The maximum absolute atomic E-state index is 16.1. The molecule has 10 atom stereocenters. The summed E-state index contributed by atoms with van der Waals surface area (Å²) >= 11 is 4.37. The minimum Gasteiger partial charge on any atom is -0.388 e. The summed E-state index contributed by atoms with van der Waals surface area (Å²) in [6.45, 7) is -0.276. The van der Waals surface area contributed by atoms with Gasteiger partial charge >= 0.3 is 7.60 Å². The molecule has 2 saturated heterocycles. The highest BCUT2D eigenvalue weighted by atomic mass is 32.1. The van der Waals surface area contributed by atoms with Crippen molar-refractivity contribution in [3.8, 4) is 0 Å². The topological polar surface area (TPSA) is 217 Å². The molecule has 17 nitrogen and oxygen atoms in total. The fraction of sp³-hybridized carbons (Fsp3) is 0.565. The van der Waals surface area contributed by atoms with E-state index >= 15 is 4.39 Å². The minimum atomic E-state index is -4.54. The summed E-state index contributed by atoms with van der Waals surface area (Å²) in [4.78, 5) is 44.2. The van der Waals surface area contributed by atoms with E-state index in [9.17, 15) is 19.4 Å². The Morgan fingerprint density at radius 3 is 2.63 bits per heavy atom. The number of aryl methyl sites for hydroxylation is 1. The van der Waals surface area contributed by atoms with E-state index in [4.69, 9.17) is 24.5 Å². The molecular weight excluding hydrogens is 612 g/mol. The number of aliphatic hydroxyl groups is 1. The summed E-state index contributed by atoms with van der Waals surface area (Å²) in [6.07, 6.45) is -3.22. The Bertz CT molecular complexity index is 1810. The lowest BCUT2D eigenvalue weighted by molar-refractivity contribution is -0.169. The first-order chi connectivity index (χ1) is 20.5. The zero-order chi connectivity index (χ0) is 30.2. The second-order valence-corrected chi connectivity index (χ2v) is 13.0. The summed E-state index contributed by atoms with van der Waals surface area (Å²) < 4.78 is 57.0. The van der Waals surface area contributed by atoms with Crippen LogP contribution in [-0.2, 0) is 30.3 Å². The van der Waals surface area contributed by atoms with Crippen LogP contribution in [0.4, 0.5) is 10.2 Å². The van der Waals surface area contributed by atoms with Gasteiger partial charge in [0.25, 0.3) is 5.56 Å². The van der Waals surface area contributed by atoms with Crippen molar-refractivity contribution in [2.45, 2.75) is 54.9 Å². The average Bonchev–Trinajstić information content (AvgIpc) is 3.72. The normalized spacial score (nSPS) is 36.9. The summed E-state index contributed by atoms with van der Waals surface area (Å²) in [5, 5.41) is 11.2. The van der Waals surface area contributed by atoms with Crippen molar-refractivity contribution in [3.05, 3.63) is 35.7 Å². The van der Waals surface area contributed by atoms with Crippen LogP contribution >= 0.6 is 20.2 Å². The van der Waals surface area contributed by atoms with E-state index in [2.05, 4.69) is 37.5 Å². The third kappa shape index (κ3) is 4.83. The zero-order valence-electron chi connectivity index (χ0n) is 22.4. The molecule has 4 aromatic heterocycles. The monoisotopic (exact) mass is 639 g/mol. The van der Waals surface area contributed by atoms with Crippen molar-refractivity contribution < 1.29 is 37.7 Å². The summed E-state index contributed by atoms with van der Waals surface area (Å²) in [5.74, 6) is -1.07. The Labute approximate surface area is 246 Å². The van der Waals surface area contributed by atoms with Gasteiger partial charge in [-0.05, 0) is 0 Å². The Balaban J connectivity index is 1.19. The maximum atomic E-state index is 16.1. The van der Waals surface area contributed by atoms with Crippen molar-refractivity contribution in [3.63, 3.8) is 0 Å². The molecule has 0 radical (unpaired) electrons. The first-order valence-corrected chi connectivity index (χ1v) is 15.5. The molecule has 7 rings (SSSR count). The maximum Gasteiger partial charge on any atom is 0.328 e. The van der Waals surface area contributed by atoms with Crippen LogP contribution in [0.25, 0.3) is 22.3 Å². The lowest BCUT2D eigenvalue weighted by atomic mass is 10.0. The second kappa shape index (κ2) is 10.6. The number of rotatable bonds is 2. The Kier molecular flexibility index (Phi) is 7.05. The summed E-state index contributed by atoms with van der Waals surface area (Å²) in [5.41, 5.74) is 5.07. The number of hydrogen-bond acceptors (Lipinski definition) is 14. The molecule has 4 N–H and O–H groups in total. The van der Waals surface area contributed by atoms with Crippen molar-refractivity contribution in [2.24, 2.45) is 13.0 Å². The molecule has 1 aliphatic carbocycles. The highest BCUT2D eigenvalue weighted by Gasteiger charge is 2.53. The molecule has 6 heterocycles. The molecule has 4 aromatic rings. The lowest BCUT2D eigenvalue weighted by Crippen LogP contribution is -2.39. The van der Waals surface area contributed by atoms with Crippen LogP contribution in [0.15, 0.2) is 30.1 Å². The first-order valence-electron chi connectivity index (χ1n) is 13.3. The van der Waals surface area contributed by atoms with E-state index < -0.39 is 68.2 Å². The zero-order valence-corrected chi connectivity index (χ0v) is 24.2. The molecule has 230 valence electrons. The largest absolute Gasteiger partial charge is 0.388 e. The highest BCUT2D eigenvalue weighted by molar-refractivity contribution is 7.80. The van der Waals surface area contributed by atoms with Crippen molar-refractivity contribution in [1.29, 1.82) is 0 Å². The van der Waals surface area contributed by atoms with E-state index in [-0.39, 0.29) is 46.7 Å². The van der Waals surface area contributed by atoms with E-state index in [0.717, 1.165) is 0 Å². The van der Waals surface area contributed by atoms with Crippen LogP contribution < -0.4 is 11.3 Å². The third-order valence-electron chi connectivity index (χ3n) is 8.12. The second-order valence-electron chi connectivity index (χ2n) is 10.7. The number of nitrogens with zero attached hydrogens (tertiary/aromatic N) is 8. The quantitative estimate of drug-likeness (QED) is 0.167. The van der Waals surface area contributed by atoms with Gasteiger partial charge in [-0.1, -0.05) is 0 Å². The number of thiol groups is 1. The molecule has 2 unspecified atom stereocenters. The van der Waals surface area contributed by atoms with Gasteiger partial charge in [0, 0.05) is 19.4 Å². The van der Waals surface area contributed by atoms with Gasteiger partial charge < -0.3 is 43.6 Å². The number of ether oxygens (including phenoxy) is 3. The van der Waals surface area contributed by atoms with Crippen LogP contribution in [0.3, 0.4) is 0 Å². The van der Waals surface area contributed by atoms with Crippen molar-refractivity contribution in [1.82, 2.24) is 38.6 Å². The minimum absolute atomic E-state index is 0.0202.